The predicted molar refractivity (Wildman–Crippen MR) is 170 cm³/mol. The second-order valence-electron chi connectivity index (χ2n) is 11.2. The average molecular weight is 575 g/mol. The van der Waals surface area contributed by atoms with Crippen molar-refractivity contribution in [2.45, 2.75) is 38.8 Å². The maximum Gasteiger partial charge on any atom is 0.258 e. The first kappa shape index (κ1) is 28.4. The molecule has 1 atom stereocenters. The fourth-order valence-corrected chi connectivity index (χ4v) is 5.82. The maximum absolute atomic E-state index is 13.9. The molecule has 0 aliphatic carbocycles. The van der Waals surface area contributed by atoms with Gasteiger partial charge in [0.25, 0.3) is 11.8 Å². The third-order valence-electron chi connectivity index (χ3n) is 8.11. The lowest BCUT2D eigenvalue weighted by Crippen LogP contribution is -2.29. The molecule has 0 aromatic heterocycles. The van der Waals surface area contributed by atoms with Gasteiger partial charge in [-0.2, -0.15) is 0 Å². The molecule has 2 amide bonds. The normalized spacial score (nSPS) is 16.7. The van der Waals surface area contributed by atoms with Crippen molar-refractivity contribution in [3.63, 3.8) is 0 Å². The van der Waals surface area contributed by atoms with Crippen LogP contribution in [0.1, 0.15) is 64.8 Å². The largest absolute Gasteiger partial charge is 0.354 e. The molecule has 0 bridgehead atoms. The zero-order valence-electron chi connectivity index (χ0n) is 24.2. The fourth-order valence-electron chi connectivity index (χ4n) is 5.82. The van der Waals surface area contributed by atoms with Gasteiger partial charge in [-0.15, -0.1) is 0 Å². The molecule has 4 aromatic rings. The summed E-state index contributed by atoms with van der Waals surface area (Å²) >= 11 is 0. The van der Waals surface area contributed by atoms with Crippen LogP contribution in [-0.4, -0.2) is 29.8 Å². The minimum absolute atomic E-state index is 0.189. The summed E-state index contributed by atoms with van der Waals surface area (Å²) in [4.78, 5) is 29.2. The standard InChI is InChI=1S/C36H35FN4O2/c1-24(26-10-4-2-5-11-26)38-35(42)28-15-18-32-31(22-28)33(36(43)40-32)34(27-13-16-29(37)17-14-27)39-30-12-8-9-25(21-30)23-41-19-6-3-7-20-41/h2,4-5,8-18,21-22,24,39H,3,6-7,19-20,23H2,1H3,(H,38,42)(H,40,43)/b34-33-/t24-/m1/s1. The Morgan fingerprint density at radius 3 is 2.40 bits per heavy atom. The number of carbonyl (C=O) groups is 2. The molecule has 218 valence electrons. The summed E-state index contributed by atoms with van der Waals surface area (Å²) in [6, 6.07) is 29.0. The summed E-state index contributed by atoms with van der Waals surface area (Å²) in [5.41, 5.74) is 6.28. The highest BCUT2D eigenvalue weighted by molar-refractivity contribution is 6.37. The summed E-state index contributed by atoms with van der Waals surface area (Å²) < 4.78 is 13.9. The molecule has 2 aliphatic heterocycles. The lowest BCUT2D eigenvalue weighted by molar-refractivity contribution is -0.110. The predicted octanol–water partition coefficient (Wildman–Crippen LogP) is 7.24. The van der Waals surface area contributed by atoms with Crippen LogP contribution < -0.4 is 16.0 Å². The molecular weight excluding hydrogens is 539 g/mol. The molecule has 1 fully saturated rings. The van der Waals surface area contributed by atoms with Gasteiger partial charge in [-0.05, 0) is 104 Å². The number of benzene rings is 4. The Kier molecular flexibility index (Phi) is 8.34. The SMILES string of the molecule is C[C@@H](NC(=O)c1ccc2c(c1)/C(=C(/Nc1cccc(CN3CCCCC3)c1)c1ccc(F)cc1)C(=O)N2)c1ccccc1. The van der Waals surface area contributed by atoms with E-state index >= 15 is 0 Å². The van der Waals surface area contributed by atoms with Gasteiger partial charge in [-0.1, -0.05) is 48.9 Å². The molecule has 0 unspecified atom stereocenters. The van der Waals surface area contributed by atoms with Crippen LogP contribution in [0.4, 0.5) is 15.8 Å². The number of likely N-dealkylation sites (tertiary alicyclic amines) is 1. The van der Waals surface area contributed by atoms with E-state index in [0.29, 0.717) is 33.6 Å². The van der Waals surface area contributed by atoms with Gasteiger partial charge in [0.1, 0.15) is 5.82 Å². The minimum Gasteiger partial charge on any atom is -0.354 e. The van der Waals surface area contributed by atoms with Gasteiger partial charge in [0, 0.05) is 29.0 Å². The Labute approximate surface area is 251 Å². The van der Waals surface area contributed by atoms with E-state index in [1.807, 2.05) is 49.4 Å². The van der Waals surface area contributed by atoms with Crippen molar-refractivity contribution >= 4 is 34.5 Å². The van der Waals surface area contributed by atoms with Gasteiger partial charge in [0.2, 0.25) is 0 Å². The minimum atomic E-state index is -0.362. The monoisotopic (exact) mass is 574 g/mol. The van der Waals surface area contributed by atoms with Gasteiger partial charge in [0.05, 0.1) is 17.3 Å². The van der Waals surface area contributed by atoms with Crippen molar-refractivity contribution in [2.75, 3.05) is 23.7 Å². The van der Waals surface area contributed by atoms with Crippen LogP contribution in [0.25, 0.3) is 11.3 Å². The smallest absolute Gasteiger partial charge is 0.258 e. The molecule has 2 aliphatic rings. The fraction of sp³-hybridized carbons (Fsp3) is 0.222. The first-order valence-electron chi connectivity index (χ1n) is 14.8. The van der Waals surface area contributed by atoms with Crippen LogP contribution in [-0.2, 0) is 11.3 Å². The van der Waals surface area contributed by atoms with Gasteiger partial charge >= 0.3 is 0 Å². The summed E-state index contributed by atoms with van der Waals surface area (Å²) in [5.74, 6) is -0.888. The Morgan fingerprint density at radius 1 is 0.884 bits per heavy atom. The van der Waals surface area contributed by atoms with E-state index < -0.39 is 0 Å². The Morgan fingerprint density at radius 2 is 1.63 bits per heavy atom. The average Bonchev–Trinajstić information content (AvgIpc) is 3.36. The highest BCUT2D eigenvalue weighted by Crippen LogP contribution is 2.38. The molecule has 6 rings (SSSR count). The number of fused-ring (bicyclic) bond motifs is 1. The number of nitrogens with zero attached hydrogens (tertiary/aromatic N) is 1. The van der Waals surface area contributed by atoms with Crippen molar-refractivity contribution in [3.8, 4) is 0 Å². The number of amides is 2. The second kappa shape index (κ2) is 12.6. The molecule has 2 heterocycles. The Hall–Kier alpha value is -4.75. The molecule has 43 heavy (non-hydrogen) atoms. The first-order valence-corrected chi connectivity index (χ1v) is 14.8. The molecule has 3 N–H and O–H groups in total. The first-order chi connectivity index (χ1) is 20.9. The summed E-state index contributed by atoms with van der Waals surface area (Å²) in [6.45, 7) is 4.99. The van der Waals surface area contributed by atoms with Crippen LogP contribution in [0.5, 0.6) is 0 Å². The third kappa shape index (κ3) is 6.52. The molecule has 0 saturated carbocycles. The molecule has 4 aromatic carbocycles. The van der Waals surface area contributed by atoms with E-state index in [1.54, 1.807) is 30.3 Å². The van der Waals surface area contributed by atoms with Crippen LogP contribution in [0.15, 0.2) is 97.1 Å². The highest BCUT2D eigenvalue weighted by atomic mass is 19.1. The van der Waals surface area contributed by atoms with Gasteiger partial charge < -0.3 is 16.0 Å². The van der Waals surface area contributed by atoms with E-state index in [1.165, 1.54) is 37.0 Å². The summed E-state index contributed by atoms with van der Waals surface area (Å²) in [7, 11) is 0. The number of halogens is 1. The Bertz CT molecular complexity index is 1660. The number of rotatable bonds is 8. The van der Waals surface area contributed by atoms with E-state index in [-0.39, 0.29) is 23.7 Å². The molecular formula is C36H35FN4O2. The number of nitrogens with one attached hydrogen (secondary N) is 3. The maximum atomic E-state index is 13.9. The quantitative estimate of drug-likeness (QED) is 0.194. The number of hydrogen-bond donors (Lipinski definition) is 3. The van der Waals surface area contributed by atoms with Crippen molar-refractivity contribution in [3.05, 3.63) is 131 Å². The third-order valence-corrected chi connectivity index (χ3v) is 8.11. The van der Waals surface area contributed by atoms with Crippen LogP contribution in [0.2, 0.25) is 0 Å². The zero-order chi connectivity index (χ0) is 29.8. The topological polar surface area (TPSA) is 73.5 Å². The van der Waals surface area contributed by atoms with Crippen LogP contribution in [0, 0.1) is 5.82 Å². The van der Waals surface area contributed by atoms with Crippen molar-refractivity contribution in [1.82, 2.24) is 10.2 Å². The molecule has 0 spiro atoms. The van der Waals surface area contributed by atoms with Gasteiger partial charge in [-0.25, -0.2) is 4.39 Å². The number of piperidine rings is 1. The number of carbonyl (C=O) groups excluding carboxylic acids is 2. The van der Waals surface area contributed by atoms with Gasteiger partial charge in [-0.3, -0.25) is 14.5 Å². The summed E-state index contributed by atoms with van der Waals surface area (Å²) in [6.07, 6.45) is 3.72. The van der Waals surface area contributed by atoms with Gasteiger partial charge in [0.15, 0.2) is 0 Å². The second-order valence-corrected chi connectivity index (χ2v) is 11.2. The number of hydrogen-bond acceptors (Lipinski definition) is 4. The van der Waals surface area contributed by atoms with E-state index in [4.69, 9.17) is 0 Å². The lowest BCUT2D eigenvalue weighted by Gasteiger charge is -2.26. The number of anilines is 2. The van der Waals surface area contributed by atoms with E-state index in [0.717, 1.165) is 30.9 Å². The van der Waals surface area contributed by atoms with Crippen LogP contribution >= 0.6 is 0 Å². The molecule has 1 saturated heterocycles. The molecule has 6 nitrogen and oxygen atoms in total. The highest BCUT2D eigenvalue weighted by Gasteiger charge is 2.30. The Balaban J connectivity index is 1.35. The van der Waals surface area contributed by atoms with Crippen molar-refractivity contribution < 1.29 is 14.0 Å². The van der Waals surface area contributed by atoms with Crippen molar-refractivity contribution in [2.24, 2.45) is 0 Å². The molecule has 0 radical (unpaired) electrons. The van der Waals surface area contributed by atoms with Crippen molar-refractivity contribution in [1.29, 1.82) is 0 Å². The molecule has 7 heteroatoms. The van der Waals surface area contributed by atoms with E-state index in [9.17, 15) is 14.0 Å². The summed E-state index contributed by atoms with van der Waals surface area (Å²) in [5, 5.41) is 9.48. The van der Waals surface area contributed by atoms with E-state index in [2.05, 4.69) is 33.0 Å². The zero-order valence-corrected chi connectivity index (χ0v) is 24.2. The lowest BCUT2D eigenvalue weighted by atomic mass is 9.98. The van der Waals surface area contributed by atoms with Crippen LogP contribution in [0.3, 0.4) is 0 Å².